The van der Waals surface area contributed by atoms with Gasteiger partial charge in [-0.15, -0.1) is 0 Å². The summed E-state index contributed by atoms with van der Waals surface area (Å²) < 4.78 is 34.1. The molecule has 0 bridgehead atoms. The van der Waals surface area contributed by atoms with E-state index in [1.165, 1.54) is 44.9 Å². The predicted molar refractivity (Wildman–Crippen MR) is 254 cm³/mol. The lowest BCUT2D eigenvalue weighted by Crippen LogP contribution is -2.66. The number of carbonyl (C=O) groups is 1. The molecule has 12 N–H and O–H groups in total. The van der Waals surface area contributed by atoms with Crippen molar-refractivity contribution in [1.29, 1.82) is 0 Å². The van der Waals surface area contributed by atoms with Crippen LogP contribution in [0.2, 0.25) is 0 Å². The standard InChI is InChI=1S/C50H87NO18/c1-3-5-7-9-11-13-15-16-18-20-22-24-26-28-38(56)51-33(34(55)27-25-23-21-19-17-14-12-10-8-6-4-2)32-64-48-44(62)41(59)46(36(30-53)66-48)69-50-45(63)42(60)47(37(31-54)67-50)68-49-43(61)40(58)39(57)35(29-52)65-49/h5,7,11,13,16,18,22,24,33-37,39-50,52-55,57-63H,3-4,6,8-10,12,14-15,17,19-21,23,25-32H2,1-2H3,(H,51,56)/b7-5-,13-11-,18-16-,24-22-. The van der Waals surface area contributed by atoms with Crippen LogP contribution in [0.5, 0.6) is 0 Å². The number of hydrogen-bond acceptors (Lipinski definition) is 18. The number of allylic oxidation sites excluding steroid dienone is 8. The molecule has 0 saturated carbocycles. The summed E-state index contributed by atoms with van der Waals surface area (Å²) in [5.41, 5.74) is 0. The largest absolute Gasteiger partial charge is 0.394 e. The maximum atomic E-state index is 13.2. The lowest BCUT2D eigenvalue weighted by Gasteiger charge is -2.48. The summed E-state index contributed by atoms with van der Waals surface area (Å²) in [5, 5.41) is 120. The van der Waals surface area contributed by atoms with E-state index in [4.69, 9.17) is 28.4 Å². The van der Waals surface area contributed by atoms with Gasteiger partial charge in [-0.1, -0.05) is 133 Å². The first kappa shape index (κ1) is 61.1. The van der Waals surface area contributed by atoms with Gasteiger partial charge in [0.25, 0.3) is 0 Å². The van der Waals surface area contributed by atoms with Gasteiger partial charge in [-0.3, -0.25) is 4.79 Å². The molecule has 0 aromatic rings. The molecule has 0 spiro atoms. The SMILES string of the molecule is CC/C=C\C/C=C\C/C=C\C/C=C\CCC(=O)NC(COC1OC(CO)C(OC2OC(CO)C(OC3OC(CO)C(O)C(O)C3O)C(O)C2O)C(O)C1O)C(O)CCCCCCCCCCCCC. The number of aliphatic hydroxyl groups is 11. The van der Waals surface area contributed by atoms with Crippen molar-refractivity contribution in [3.63, 3.8) is 0 Å². The molecule has 19 nitrogen and oxygen atoms in total. The second-order valence-corrected chi connectivity index (χ2v) is 18.3. The zero-order valence-corrected chi connectivity index (χ0v) is 40.8. The van der Waals surface area contributed by atoms with Crippen molar-refractivity contribution < 1.29 is 89.4 Å². The molecular formula is C50H87NO18. The van der Waals surface area contributed by atoms with Crippen molar-refractivity contribution in [3.8, 4) is 0 Å². The van der Waals surface area contributed by atoms with Crippen molar-refractivity contribution in [2.24, 2.45) is 0 Å². The number of aliphatic hydroxyl groups excluding tert-OH is 11. The van der Waals surface area contributed by atoms with Crippen molar-refractivity contribution in [1.82, 2.24) is 5.32 Å². The average Bonchev–Trinajstić information content (AvgIpc) is 3.34. The van der Waals surface area contributed by atoms with Gasteiger partial charge < -0.3 is 89.9 Å². The first-order chi connectivity index (χ1) is 33.3. The molecule has 0 aliphatic carbocycles. The summed E-state index contributed by atoms with van der Waals surface area (Å²) in [6.45, 7) is 1.55. The maximum absolute atomic E-state index is 13.2. The number of carbonyl (C=O) groups excluding carboxylic acids is 1. The zero-order chi connectivity index (χ0) is 50.6. The summed E-state index contributed by atoms with van der Waals surface area (Å²) in [7, 11) is 0. The number of nitrogens with one attached hydrogen (secondary N) is 1. The van der Waals surface area contributed by atoms with Crippen LogP contribution in [-0.4, -0.2) is 193 Å². The number of hydrogen-bond donors (Lipinski definition) is 12. The van der Waals surface area contributed by atoms with Gasteiger partial charge in [0.1, 0.15) is 73.2 Å². The highest BCUT2D eigenvalue weighted by atomic mass is 16.8. The van der Waals surface area contributed by atoms with Crippen LogP contribution in [0.25, 0.3) is 0 Å². The summed E-state index contributed by atoms with van der Waals surface area (Å²) in [6, 6.07) is -0.923. The number of amides is 1. The predicted octanol–water partition coefficient (Wildman–Crippen LogP) is 1.58. The van der Waals surface area contributed by atoms with Crippen molar-refractivity contribution in [3.05, 3.63) is 48.6 Å². The monoisotopic (exact) mass is 990 g/mol. The Morgan fingerprint density at radius 3 is 1.48 bits per heavy atom. The second kappa shape index (κ2) is 35.0. The van der Waals surface area contributed by atoms with Gasteiger partial charge in [-0.2, -0.15) is 0 Å². The molecule has 3 aliphatic rings. The minimum Gasteiger partial charge on any atom is -0.394 e. The van der Waals surface area contributed by atoms with Gasteiger partial charge in [-0.05, 0) is 38.5 Å². The molecule has 0 aromatic heterocycles. The molecule has 3 saturated heterocycles. The highest BCUT2D eigenvalue weighted by Crippen LogP contribution is 2.33. The van der Waals surface area contributed by atoms with E-state index in [1.807, 2.05) is 12.2 Å². The molecule has 3 fully saturated rings. The molecular weight excluding hydrogens is 903 g/mol. The lowest BCUT2D eigenvalue weighted by atomic mass is 9.96. The van der Waals surface area contributed by atoms with Gasteiger partial charge >= 0.3 is 0 Å². The van der Waals surface area contributed by atoms with E-state index in [2.05, 4.69) is 55.6 Å². The van der Waals surface area contributed by atoms with Gasteiger partial charge in [-0.25, -0.2) is 0 Å². The van der Waals surface area contributed by atoms with Crippen molar-refractivity contribution >= 4 is 5.91 Å². The van der Waals surface area contributed by atoms with Crippen LogP contribution in [0, 0.1) is 0 Å². The Morgan fingerprint density at radius 1 is 0.536 bits per heavy atom. The zero-order valence-electron chi connectivity index (χ0n) is 40.8. The summed E-state index contributed by atoms with van der Waals surface area (Å²) >= 11 is 0. The summed E-state index contributed by atoms with van der Waals surface area (Å²) in [6.07, 6.45) is 6.76. The lowest BCUT2D eigenvalue weighted by molar-refractivity contribution is -0.379. The minimum absolute atomic E-state index is 0.143. The fraction of sp³-hybridized carbons (Fsp3) is 0.820. The normalized spacial score (nSPS) is 33.3. The molecule has 3 aliphatic heterocycles. The van der Waals surface area contributed by atoms with Gasteiger partial charge in [0, 0.05) is 6.42 Å². The highest BCUT2D eigenvalue weighted by molar-refractivity contribution is 5.76. The van der Waals surface area contributed by atoms with Crippen LogP contribution < -0.4 is 5.32 Å². The molecule has 19 heteroatoms. The highest BCUT2D eigenvalue weighted by Gasteiger charge is 2.53. The third kappa shape index (κ3) is 21.0. The molecule has 3 heterocycles. The Bertz CT molecular complexity index is 1460. The molecule has 69 heavy (non-hydrogen) atoms. The second-order valence-electron chi connectivity index (χ2n) is 18.3. The topological polar surface area (TPSA) is 307 Å². The van der Waals surface area contributed by atoms with E-state index < -0.39 is 124 Å². The third-order valence-electron chi connectivity index (χ3n) is 12.7. The van der Waals surface area contributed by atoms with Crippen molar-refractivity contribution in [2.45, 2.75) is 234 Å². The van der Waals surface area contributed by atoms with Gasteiger partial charge in [0.2, 0.25) is 5.91 Å². The first-order valence-corrected chi connectivity index (χ1v) is 25.4. The van der Waals surface area contributed by atoms with E-state index in [-0.39, 0.29) is 18.9 Å². The molecule has 400 valence electrons. The molecule has 17 atom stereocenters. The van der Waals surface area contributed by atoms with E-state index in [0.717, 1.165) is 44.9 Å². The fourth-order valence-electron chi connectivity index (χ4n) is 8.44. The quantitative estimate of drug-likeness (QED) is 0.0322. The first-order valence-electron chi connectivity index (χ1n) is 25.4. The molecule has 17 unspecified atom stereocenters. The molecule has 1 amide bonds. The number of ether oxygens (including phenoxy) is 6. The van der Waals surface area contributed by atoms with E-state index in [1.54, 1.807) is 0 Å². The Labute approximate surface area is 408 Å². The minimum atomic E-state index is -1.98. The van der Waals surface area contributed by atoms with E-state index in [9.17, 15) is 61.0 Å². The van der Waals surface area contributed by atoms with Crippen LogP contribution in [0.15, 0.2) is 48.6 Å². The summed E-state index contributed by atoms with van der Waals surface area (Å²) in [5.74, 6) is -0.328. The Hall–Kier alpha value is -2.25. The van der Waals surface area contributed by atoms with Gasteiger partial charge in [0.05, 0.1) is 38.6 Å². The van der Waals surface area contributed by atoms with Crippen LogP contribution in [0.3, 0.4) is 0 Å². The van der Waals surface area contributed by atoms with Crippen LogP contribution in [0.4, 0.5) is 0 Å². The molecule has 0 aromatic carbocycles. The van der Waals surface area contributed by atoms with Gasteiger partial charge in [0.15, 0.2) is 18.9 Å². The summed E-state index contributed by atoms with van der Waals surface area (Å²) in [4.78, 5) is 13.2. The van der Waals surface area contributed by atoms with Crippen LogP contribution in [-0.2, 0) is 33.2 Å². The van der Waals surface area contributed by atoms with E-state index >= 15 is 0 Å². The Kier molecular flexibility index (Phi) is 31.0. The molecule has 3 rings (SSSR count). The fourth-order valence-corrected chi connectivity index (χ4v) is 8.44. The number of unbranched alkanes of at least 4 members (excludes halogenated alkanes) is 10. The average molecular weight is 990 g/mol. The van der Waals surface area contributed by atoms with Crippen LogP contribution in [0.1, 0.15) is 129 Å². The maximum Gasteiger partial charge on any atom is 0.220 e. The van der Waals surface area contributed by atoms with Crippen molar-refractivity contribution in [2.75, 3.05) is 26.4 Å². The van der Waals surface area contributed by atoms with E-state index in [0.29, 0.717) is 19.3 Å². The van der Waals surface area contributed by atoms with Crippen LogP contribution >= 0.6 is 0 Å². The number of rotatable bonds is 34. The third-order valence-corrected chi connectivity index (χ3v) is 12.7. The molecule has 0 radical (unpaired) electrons. The smallest absolute Gasteiger partial charge is 0.220 e. The Balaban J connectivity index is 1.58. The Morgan fingerprint density at radius 2 is 0.971 bits per heavy atom.